The highest BCUT2D eigenvalue weighted by molar-refractivity contribution is 7.99. The van der Waals surface area contributed by atoms with E-state index in [-0.39, 0.29) is 23.1 Å². The predicted octanol–water partition coefficient (Wildman–Crippen LogP) is 3.07. The number of benzene rings is 1. The first kappa shape index (κ1) is 19.6. The number of anilines is 2. The quantitative estimate of drug-likeness (QED) is 0.642. The number of rotatable bonds is 3. The second-order valence-electron chi connectivity index (χ2n) is 7.66. The molecule has 2 heterocycles. The fraction of sp³-hybridized carbons (Fsp3) is 0.500. The molecular weight excluding hydrogens is 362 g/mol. The van der Waals surface area contributed by atoms with Crippen LogP contribution in [0.25, 0.3) is 10.9 Å². The summed E-state index contributed by atoms with van der Waals surface area (Å²) < 4.78 is 7.05. The van der Waals surface area contributed by atoms with Gasteiger partial charge in [0.05, 0.1) is 23.5 Å². The Morgan fingerprint density at radius 3 is 2.52 bits per heavy atom. The van der Waals surface area contributed by atoms with Crippen molar-refractivity contribution >= 4 is 40.0 Å². The van der Waals surface area contributed by atoms with Gasteiger partial charge in [-0.15, -0.1) is 0 Å². The highest BCUT2D eigenvalue weighted by atomic mass is 32.2. The number of hydrogen-bond acceptors (Lipinski definition) is 6. The molecule has 146 valence electrons. The van der Waals surface area contributed by atoms with E-state index in [4.69, 9.17) is 10.5 Å². The van der Waals surface area contributed by atoms with E-state index in [0.717, 1.165) is 35.8 Å². The molecule has 1 aliphatic heterocycles. The van der Waals surface area contributed by atoms with Crippen LogP contribution >= 0.6 is 11.8 Å². The molecule has 0 aliphatic carbocycles. The van der Waals surface area contributed by atoms with Crippen LogP contribution < -0.4 is 16.1 Å². The maximum Gasteiger partial charge on any atom is 0.343 e. The molecule has 0 unspecified atom stereocenters. The van der Waals surface area contributed by atoms with Crippen LogP contribution in [0.1, 0.15) is 38.1 Å². The first-order valence-corrected chi connectivity index (χ1v) is 10.4. The number of esters is 1. The summed E-state index contributed by atoms with van der Waals surface area (Å²) in [6.45, 7) is 9.93. The van der Waals surface area contributed by atoms with E-state index in [0.29, 0.717) is 11.1 Å². The van der Waals surface area contributed by atoms with Crippen molar-refractivity contribution in [1.82, 2.24) is 4.57 Å². The van der Waals surface area contributed by atoms with Crippen molar-refractivity contribution < 1.29 is 9.53 Å². The number of nitrogen functional groups attached to an aromatic ring is 1. The molecular formula is C20H27N3O3S. The van der Waals surface area contributed by atoms with Gasteiger partial charge in [0.1, 0.15) is 5.56 Å². The van der Waals surface area contributed by atoms with Crippen molar-refractivity contribution in [3.05, 3.63) is 34.1 Å². The third kappa shape index (κ3) is 3.78. The number of ether oxygens (including phenoxy) is 1. The topological polar surface area (TPSA) is 77.6 Å². The lowest BCUT2D eigenvalue weighted by molar-refractivity contribution is 0.0524. The van der Waals surface area contributed by atoms with Gasteiger partial charge in [0, 0.05) is 41.7 Å². The van der Waals surface area contributed by atoms with Gasteiger partial charge in [-0.2, -0.15) is 11.8 Å². The van der Waals surface area contributed by atoms with E-state index in [2.05, 4.69) is 4.90 Å². The minimum atomic E-state index is -0.599. The van der Waals surface area contributed by atoms with Crippen LogP contribution in [-0.4, -0.2) is 41.7 Å². The first-order valence-electron chi connectivity index (χ1n) is 9.23. The number of nitrogens with zero attached hydrogens (tertiary/aromatic N) is 2. The molecule has 6 nitrogen and oxygen atoms in total. The van der Waals surface area contributed by atoms with Gasteiger partial charge in [-0.25, -0.2) is 4.79 Å². The average molecular weight is 390 g/mol. The fourth-order valence-corrected chi connectivity index (χ4v) is 4.27. The SMILES string of the molecule is CCOC(=O)c1cn(C(C)(C)C)c2cc(N3CCSCC3)c(N)cc2c1=O. The third-order valence-corrected chi connectivity index (χ3v) is 5.66. The maximum absolute atomic E-state index is 13.0. The van der Waals surface area contributed by atoms with E-state index in [1.165, 1.54) is 0 Å². The van der Waals surface area contributed by atoms with Crippen LogP contribution in [0.2, 0.25) is 0 Å². The molecule has 27 heavy (non-hydrogen) atoms. The Morgan fingerprint density at radius 2 is 1.93 bits per heavy atom. The summed E-state index contributed by atoms with van der Waals surface area (Å²) in [4.78, 5) is 27.6. The lowest BCUT2D eigenvalue weighted by Crippen LogP contribution is -2.33. The van der Waals surface area contributed by atoms with Crippen LogP contribution in [0.3, 0.4) is 0 Å². The Balaban J connectivity index is 2.27. The zero-order valence-electron chi connectivity index (χ0n) is 16.4. The summed E-state index contributed by atoms with van der Waals surface area (Å²) in [6, 6.07) is 3.70. The van der Waals surface area contributed by atoms with Crippen molar-refractivity contribution in [2.24, 2.45) is 0 Å². The summed E-state index contributed by atoms with van der Waals surface area (Å²) >= 11 is 1.93. The zero-order chi connectivity index (χ0) is 19.8. The van der Waals surface area contributed by atoms with Gasteiger partial charge in [0.15, 0.2) is 0 Å². The van der Waals surface area contributed by atoms with Crippen molar-refractivity contribution in [2.75, 3.05) is 41.8 Å². The number of aromatic nitrogens is 1. The minimum Gasteiger partial charge on any atom is -0.462 e. The van der Waals surface area contributed by atoms with E-state index in [1.807, 2.05) is 43.2 Å². The molecule has 1 saturated heterocycles. The zero-order valence-corrected chi connectivity index (χ0v) is 17.2. The van der Waals surface area contributed by atoms with Gasteiger partial charge in [0.2, 0.25) is 5.43 Å². The molecule has 0 bridgehead atoms. The lowest BCUT2D eigenvalue weighted by Gasteiger charge is -2.31. The Morgan fingerprint density at radius 1 is 1.26 bits per heavy atom. The van der Waals surface area contributed by atoms with Crippen molar-refractivity contribution in [2.45, 2.75) is 33.2 Å². The first-order chi connectivity index (χ1) is 12.7. The molecule has 2 N–H and O–H groups in total. The number of nitrogens with two attached hydrogens (primary N) is 1. The Kier molecular flexibility index (Phi) is 5.42. The largest absolute Gasteiger partial charge is 0.462 e. The molecule has 0 saturated carbocycles. The standard InChI is InChI=1S/C20H27N3O3S/c1-5-26-19(25)14-12-23(20(2,3)4)16-11-17(22-6-8-27-9-7-22)15(21)10-13(16)18(14)24/h10-12H,5-9,21H2,1-4H3. The van der Waals surface area contributed by atoms with Crippen LogP contribution in [-0.2, 0) is 10.3 Å². The highest BCUT2D eigenvalue weighted by Gasteiger charge is 2.24. The van der Waals surface area contributed by atoms with E-state index in [9.17, 15) is 9.59 Å². The number of carbonyl (C=O) groups excluding carboxylic acids is 1. The van der Waals surface area contributed by atoms with Gasteiger partial charge in [-0.1, -0.05) is 0 Å². The monoisotopic (exact) mass is 389 g/mol. The third-order valence-electron chi connectivity index (χ3n) is 4.72. The summed E-state index contributed by atoms with van der Waals surface area (Å²) in [7, 11) is 0. The Bertz CT molecular complexity index is 925. The minimum absolute atomic E-state index is 0.0424. The summed E-state index contributed by atoms with van der Waals surface area (Å²) in [5, 5.41) is 0.447. The summed E-state index contributed by atoms with van der Waals surface area (Å²) in [5.74, 6) is 1.52. The average Bonchev–Trinajstić information content (AvgIpc) is 2.62. The van der Waals surface area contributed by atoms with E-state index >= 15 is 0 Å². The molecule has 7 heteroatoms. The number of fused-ring (bicyclic) bond motifs is 1. The van der Waals surface area contributed by atoms with Crippen LogP contribution in [0.4, 0.5) is 11.4 Å². The van der Waals surface area contributed by atoms with Crippen LogP contribution in [0.5, 0.6) is 0 Å². The molecule has 0 spiro atoms. The molecule has 3 rings (SSSR count). The molecule has 1 aromatic heterocycles. The second kappa shape index (κ2) is 7.46. The second-order valence-corrected chi connectivity index (χ2v) is 8.89. The number of thioether (sulfide) groups is 1. The normalized spacial score (nSPS) is 15.2. The van der Waals surface area contributed by atoms with E-state index in [1.54, 1.807) is 19.2 Å². The summed E-state index contributed by atoms with van der Waals surface area (Å²) in [6.07, 6.45) is 1.62. The molecule has 1 aromatic carbocycles. The molecule has 2 aromatic rings. The van der Waals surface area contributed by atoms with Gasteiger partial charge < -0.3 is 19.9 Å². The smallest absolute Gasteiger partial charge is 0.343 e. The van der Waals surface area contributed by atoms with E-state index < -0.39 is 5.97 Å². The summed E-state index contributed by atoms with van der Waals surface area (Å²) in [5.41, 5.74) is 7.99. The predicted molar refractivity (Wildman–Crippen MR) is 113 cm³/mol. The number of hydrogen-bond donors (Lipinski definition) is 1. The Hall–Kier alpha value is -2.15. The Labute approximate surface area is 163 Å². The molecule has 0 radical (unpaired) electrons. The van der Waals surface area contributed by atoms with Gasteiger partial charge >= 0.3 is 5.97 Å². The van der Waals surface area contributed by atoms with Gasteiger partial charge in [-0.3, -0.25) is 4.79 Å². The van der Waals surface area contributed by atoms with Gasteiger partial charge in [-0.05, 0) is 39.8 Å². The van der Waals surface area contributed by atoms with Crippen molar-refractivity contribution in [3.8, 4) is 0 Å². The highest BCUT2D eigenvalue weighted by Crippen LogP contribution is 2.32. The van der Waals surface area contributed by atoms with Crippen LogP contribution in [0.15, 0.2) is 23.1 Å². The van der Waals surface area contributed by atoms with Crippen LogP contribution in [0, 0.1) is 0 Å². The maximum atomic E-state index is 13.0. The molecule has 0 amide bonds. The van der Waals surface area contributed by atoms with Crippen molar-refractivity contribution in [3.63, 3.8) is 0 Å². The lowest BCUT2D eigenvalue weighted by atomic mass is 10.0. The number of pyridine rings is 1. The van der Waals surface area contributed by atoms with Crippen molar-refractivity contribution in [1.29, 1.82) is 0 Å². The van der Waals surface area contributed by atoms with Gasteiger partial charge in [0.25, 0.3) is 0 Å². The molecule has 0 atom stereocenters. The molecule has 1 fully saturated rings. The fourth-order valence-electron chi connectivity index (χ4n) is 3.36. The molecule has 1 aliphatic rings. The number of carbonyl (C=O) groups is 1.